The van der Waals surface area contributed by atoms with Gasteiger partial charge in [0.1, 0.15) is 11.5 Å². The molecule has 0 saturated carbocycles. The van der Waals surface area contributed by atoms with Crippen LogP contribution >= 0.6 is 11.6 Å². The van der Waals surface area contributed by atoms with Crippen molar-refractivity contribution in [2.45, 2.75) is 11.8 Å². The highest BCUT2D eigenvalue weighted by atomic mass is 35.5. The highest BCUT2D eigenvalue weighted by Crippen LogP contribution is 2.26. The molecule has 4 aromatic rings. The molecule has 166 valence electrons. The quantitative estimate of drug-likeness (QED) is 0.458. The van der Waals surface area contributed by atoms with Crippen LogP contribution in [0.4, 0.5) is 15.8 Å². The van der Waals surface area contributed by atoms with Crippen molar-refractivity contribution in [3.8, 4) is 0 Å². The molecule has 0 bridgehead atoms. The van der Waals surface area contributed by atoms with Gasteiger partial charge in [0, 0.05) is 25.2 Å². The summed E-state index contributed by atoms with van der Waals surface area (Å²) >= 11 is 5.77. The third-order valence-electron chi connectivity index (χ3n) is 4.99. The van der Waals surface area contributed by atoms with Crippen molar-refractivity contribution in [3.63, 3.8) is 0 Å². The highest BCUT2D eigenvalue weighted by Gasteiger charge is 2.22. The van der Waals surface area contributed by atoms with Gasteiger partial charge in [-0.05, 0) is 43.3 Å². The largest absolute Gasteiger partial charge is 0.321 e. The number of halogens is 2. The molecule has 0 spiro atoms. The van der Waals surface area contributed by atoms with Gasteiger partial charge in [0.15, 0.2) is 0 Å². The summed E-state index contributed by atoms with van der Waals surface area (Å²) in [4.78, 5) is 12.8. The minimum Gasteiger partial charge on any atom is -0.321 e. The van der Waals surface area contributed by atoms with Gasteiger partial charge in [-0.2, -0.15) is 10.2 Å². The van der Waals surface area contributed by atoms with Crippen LogP contribution < -0.4 is 10.0 Å². The molecular weight excluding hydrogens is 459 g/mol. The lowest BCUT2D eigenvalue weighted by atomic mass is 10.2. The first kappa shape index (κ1) is 21.8. The second-order valence-corrected chi connectivity index (χ2v) is 9.20. The maximum Gasteiger partial charge on any atom is 0.274 e. The Balaban J connectivity index is 1.66. The third kappa shape index (κ3) is 3.92. The molecule has 2 heterocycles. The van der Waals surface area contributed by atoms with Crippen molar-refractivity contribution < 1.29 is 17.6 Å². The Bertz CT molecular complexity index is 1480. The van der Waals surface area contributed by atoms with E-state index in [2.05, 4.69) is 20.2 Å². The Labute approximate surface area is 187 Å². The molecule has 32 heavy (non-hydrogen) atoms. The van der Waals surface area contributed by atoms with E-state index in [-0.39, 0.29) is 15.6 Å². The molecule has 0 aliphatic rings. The molecule has 9 nitrogen and oxygen atoms in total. The fourth-order valence-corrected chi connectivity index (χ4v) is 4.49. The van der Waals surface area contributed by atoms with Gasteiger partial charge < -0.3 is 5.32 Å². The Morgan fingerprint density at radius 2 is 1.88 bits per heavy atom. The molecule has 1 amide bonds. The van der Waals surface area contributed by atoms with Crippen molar-refractivity contribution in [1.82, 2.24) is 19.6 Å². The molecule has 12 heteroatoms. The highest BCUT2D eigenvalue weighted by molar-refractivity contribution is 7.92. The van der Waals surface area contributed by atoms with Crippen molar-refractivity contribution in [2.24, 2.45) is 14.1 Å². The van der Waals surface area contributed by atoms with Crippen molar-refractivity contribution in [3.05, 3.63) is 64.8 Å². The normalized spacial score (nSPS) is 11.7. The SMILES string of the molecule is Cc1c(NS(=O)(=O)c2ccc3c(C(=O)Nc4ccc(F)c(Cl)c4)n(C)nc3c2)cnn1C. The Morgan fingerprint density at radius 3 is 2.53 bits per heavy atom. The van der Waals surface area contributed by atoms with E-state index in [1.165, 1.54) is 41.2 Å². The van der Waals surface area contributed by atoms with Gasteiger partial charge in [-0.25, -0.2) is 12.8 Å². The predicted molar refractivity (Wildman–Crippen MR) is 119 cm³/mol. The van der Waals surface area contributed by atoms with Crippen LogP contribution in [0.15, 0.2) is 47.5 Å². The molecule has 4 rings (SSSR count). The lowest BCUT2D eigenvalue weighted by Gasteiger charge is -2.08. The molecule has 0 aliphatic carbocycles. The molecule has 0 radical (unpaired) electrons. The maximum atomic E-state index is 13.4. The lowest BCUT2D eigenvalue weighted by Crippen LogP contribution is -2.16. The van der Waals surface area contributed by atoms with Crippen LogP contribution in [-0.2, 0) is 24.1 Å². The van der Waals surface area contributed by atoms with Crippen molar-refractivity contribution in [2.75, 3.05) is 10.0 Å². The van der Waals surface area contributed by atoms with Gasteiger partial charge in [0.05, 0.1) is 33.0 Å². The molecule has 0 atom stereocenters. The fraction of sp³-hybridized carbons (Fsp3) is 0.150. The van der Waals surface area contributed by atoms with Crippen molar-refractivity contribution >= 4 is 49.8 Å². The smallest absolute Gasteiger partial charge is 0.274 e. The number of carbonyl (C=O) groups excluding carboxylic acids is 1. The summed E-state index contributed by atoms with van der Waals surface area (Å²) in [5.41, 5.74) is 1.87. The molecule has 0 fully saturated rings. The van der Waals surface area contributed by atoms with E-state index in [4.69, 9.17) is 11.6 Å². The first-order chi connectivity index (χ1) is 15.1. The zero-order valence-corrected chi connectivity index (χ0v) is 18.8. The summed E-state index contributed by atoms with van der Waals surface area (Å²) in [5, 5.41) is 11.3. The predicted octanol–water partition coefficient (Wildman–Crippen LogP) is 3.46. The average Bonchev–Trinajstić information content (AvgIpc) is 3.22. The third-order valence-corrected chi connectivity index (χ3v) is 6.64. The monoisotopic (exact) mass is 476 g/mol. The van der Waals surface area contributed by atoms with E-state index >= 15 is 0 Å². The Morgan fingerprint density at radius 1 is 1.12 bits per heavy atom. The number of aromatic nitrogens is 4. The van der Waals surface area contributed by atoms with Crippen LogP contribution in [0.5, 0.6) is 0 Å². The second-order valence-electron chi connectivity index (χ2n) is 7.11. The minimum absolute atomic E-state index is 0.0105. The molecular formula is C20H18ClFN6O3S. The summed E-state index contributed by atoms with van der Waals surface area (Å²) in [5.74, 6) is -1.10. The number of rotatable bonds is 5. The molecule has 0 aliphatic heterocycles. The summed E-state index contributed by atoms with van der Waals surface area (Å²) in [6.45, 7) is 1.74. The number of fused-ring (bicyclic) bond motifs is 1. The van der Waals surface area contributed by atoms with Gasteiger partial charge in [-0.15, -0.1) is 0 Å². The number of amides is 1. The van der Waals surface area contributed by atoms with Crippen LogP contribution in [0.2, 0.25) is 5.02 Å². The van der Waals surface area contributed by atoms with E-state index in [1.807, 2.05) is 0 Å². The number of hydrogen-bond acceptors (Lipinski definition) is 5. The topological polar surface area (TPSA) is 111 Å². The van der Waals surface area contributed by atoms with Gasteiger partial charge >= 0.3 is 0 Å². The number of nitrogens with one attached hydrogen (secondary N) is 2. The van der Waals surface area contributed by atoms with Gasteiger partial charge in [0.25, 0.3) is 15.9 Å². The first-order valence-electron chi connectivity index (χ1n) is 9.31. The van der Waals surface area contributed by atoms with Crippen LogP contribution in [-0.4, -0.2) is 33.9 Å². The summed E-state index contributed by atoms with van der Waals surface area (Å²) < 4.78 is 44.4. The number of benzene rings is 2. The van der Waals surface area contributed by atoms with Crippen LogP contribution in [0.25, 0.3) is 10.9 Å². The summed E-state index contributed by atoms with van der Waals surface area (Å²) in [7, 11) is -0.623. The standard InChI is InChI=1S/C20H18ClFN6O3S/c1-11-18(10-23-27(11)2)26-32(30,31)13-5-6-14-17(9-13)25-28(3)19(14)20(29)24-12-4-7-16(22)15(21)8-12/h4-10,26H,1-3H3,(H,24,29). The van der Waals surface area contributed by atoms with Gasteiger partial charge in [0.2, 0.25) is 0 Å². The summed E-state index contributed by atoms with van der Waals surface area (Å²) in [6, 6.07) is 8.12. The summed E-state index contributed by atoms with van der Waals surface area (Å²) in [6.07, 6.45) is 1.43. The van der Waals surface area contributed by atoms with E-state index in [9.17, 15) is 17.6 Å². The Hall–Kier alpha value is -3.44. The minimum atomic E-state index is -3.90. The van der Waals surface area contributed by atoms with E-state index in [0.717, 1.165) is 6.07 Å². The number of carbonyl (C=O) groups is 1. The van der Waals surface area contributed by atoms with E-state index in [0.29, 0.717) is 28.0 Å². The second kappa shape index (κ2) is 7.92. The number of sulfonamides is 1. The van der Waals surface area contributed by atoms with Gasteiger partial charge in [-0.1, -0.05) is 11.6 Å². The number of aryl methyl sites for hydroxylation is 2. The van der Waals surface area contributed by atoms with Crippen LogP contribution in [0, 0.1) is 12.7 Å². The molecule has 0 unspecified atom stereocenters. The fourth-order valence-electron chi connectivity index (χ4n) is 3.18. The molecule has 2 aromatic heterocycles. The average molecular weight is 477 g/mol. The van der Waals surface area contributed by atoms with Crippen LogP contribution in [0.1, 0.15) is 16.2 Å². The molecule has 2 N–H and O–H groups in total. The van der Waals surface area contributed by atoms with Crippen LogP contribution in [0.3, 0.4) is 0 Å². The maximum absolute atomic E-state index is 13.4. The van der Waals surface area contributed by atoms with E-state index in [1.54, 1.807) is 25.7 Å². The first-order valence-corrected chi connectivity index (χ1v) is 11.2. The van der Waals surface area contributed by atoms with Crippen molar-refractivity contribution in [1.29, 1.82) is 0 Å². The zero-order valence-electron chi connectivity index (χ0n) is 17.2. The Kier molecular flexibility index (Phi) is 5.39. The molecule has 2 aromatic carbocycles. The zero-order chi connectivity index (χ0) is 23.2. The molecule has 0 saturated heterocycles. The number of nitrogens with zero attached hydrogens (tertiary/aromatic N) is 4. The lowest BCUT2D eigenvalue weighted by molar-refractivity contribution is 0.101. The van der Waals surface area contributed by atoms with E-state index < -0.39 is 21.7 Å². The number of anilines is 2. The van der Waals surface area contributed by atoms with Gasteiger partial charge in [-0.3, -0.25) is 18.9 Å². The number of hydrogen-bond donors (Lipinski definition) is 2.